The molecule has 4 aromatic rings. The van der Waals surface area contributed by atoms with Crippen LogP contribution < -0.4 is 10.6 Å². The second-order valence-electron chi connectivity index (χ2n) is 9.79. The van der Waals surface area contributed by atoms with E-state index >= 15 is 0 Å². The van der Waals surface area contributed by atoms with E-state index in [-0.39, 0.29) is 17.6 Å². The molecule has 0 bridgehead atoms. The number of ether oxygens (including phenoxy) is 2. The van der Waals surface area contributed by atoms with Crippen molar-refractivity contribution in [3.05, 3.63) is 72.3 Å². The number of aryl methyl sites for hydroxylation is 3. The Hall–Kier alpha value is -4.18. The highest BCUT2D eigenvalue weighted by Gasteiger charge is 2.30. The summed E-state index contributed by atoms with van der Waals surface area (Å²) in [7, 11) is 1.34. The molecule has 0 spiro atoms. The zero-order valence-electron chi connectivity index (χ0n) is 22.3. The first kappa shape index (κ1) is 26.4. The van der Waals surface area contributed by atoms with E-state index in [1.165, 1.54) is 7.11 Å². The number of nitrogens with zero attached hydrogens (tertiary/aromatic N) is 4. The van der Waals surface area contributed by atoms with E-state index in [0.29, 0.717) is 42.7 Å². The first-order valence-corrected chi connectivity index (χ1v) is 13.3. The lowest BCUT2D eigenvalue weighted by Gasteiger charge is -2.15. The van der Waals surface area contributed by atoms with Crippen LogP contribution >= 0.6 is 0 Å². The molecule has 0 saturated carbocycles. The van der Waals surface area contributed by atoms with Crippen LogP contribution in [0.25, 0.3) is 11.0 Å². The highest BCUT2D eigenvalue weighted by molar-refractivity contribution is 6.12. The summed E-state index contributed by atoms with van der Waals surface area (Å²) in [5, 5.41) is 11.4. The molecule has 1 saturated heterocycles. The molecule has 1 amide bonds. The van der Waals surface area contributed by atoms with Crippen molar-refractivity contribution >= 4 is 34.3 Å². The molecule has 1 aromatic carbocycles. The lowest BCUT2D eigenvalue weighted by atomic mass is 10.1. The summed E-state index contributed by atoms with van der Waals surface area (Å²) in [5.41, 5.74) is 3.18. The predicted molar refractivity (Wildman–Crippen MR) is 149 cm³/mol. The number of hydrogen-bond acceptors (Lipinski definition) is 7. The van der Waals surface area contributed by atoms with Gasteiger partial charge in [0.25, 0.3) is 5.91 Å². The molecular formula is C29H34N6O4. The predicted octanol–water partition coefficient (Wildman–Crippen LogP) is 4.27. The van der Waals surface area contributed by atoms with Gasteiger partial charge in [0.05, 0.1) is 24.7 Å². The lowest BCUT2D eigenvalue weighted by Crippen LogP contribution is -2.28. The quantitative estimate of drug-likeness (QED) is 0.279. The van der Waals surface area contributed by atoms with Gasteiger partial charge in [0.2, 0.25) is 0 Å². The van der Waals surface area contributed by atoms with Crippen molar-refractivity contribution in [3.8, 4) is 0 Å². The zero-order valence-corrected chi connectivity index (χ0v) is 22.3. The Morgan fingerprint density at radius 2 is 2.05 bits per heavy atom. The minimum Gasteiger partial charge on any atom is -0.464 e. The minimum absolute atomic E-state index is 0.138. The molecule has 39 heavy (non-hydrogen) atoms. The molecule has 2 N–H and O–H groups in total. The maximum Gasteiger partial charge on any atom is 0.356 e. The minimum atomic E-state index is -0.546. The second-order valence-corrected chi connectivity index (χ2v) is 9.79. The number of amides is 1. The fourth-order valence-electron chi connectivity index (χ4n) is 4.95. The van der Waals surface area contributed by atoms with Crippen LogP contribution in [0, 0.1) is 0 Å². The third-order valence-electron chi connectivity index (χ3n) is 6.98. The van der Waals surface area contributed by atoms with E-state index in [1.54, 1.807) is 12.4 Å². The molecule has 2 atom stereocenters. The summed E-state index contributed by atoms with van der Waals surface area (Å²) < 4.78 is 14.5. The van der Waals surface area contributed by atoms with E-state index in [1.807, 2.05) is 57.9 Å². The van der Waals surface area contributed by atoms with Crippen LogP contribution in [0.1, 0.15) is 42.2 Å². The molecule has 1 fully saturated rings. The van der Waals surface area contributed by atoms with Gasteiger partial charge in [-0.25, -0.2) is 9.78 Å². The van der Waals surface area contributed by atoms with E-state index in [4.69, 9.17) is 14.5 Å². The van der Waals surface area contributed by atoms with Crippen LogP contribution in [0.15, 0.2) is 61.1 Å². The summed E-state index contributed by atoms with van der Waals surface area (Å²) in [4.78, 5) is 31.0. The highest BCUT2D eigenvalue weighted by Crippen LogP contribution is 2.34. The Kier molecular flexibility index (Phi) is 8.21. The Bertz CT molecular complexity index is 1410. The number of rotatable bonds is 11. The number of pyridine rings is 1. The topological polar surface area (TPSA) is 112 Å². The summed E-state index contributed by atoms with van der Waals surface area (Å²) in [6, 6.07) is 14.0. The Morgan fingerprint density at radius 1 is 1.21 bits per heavy atom. The lowest BCUT2D eigenvalue weighted by molar-refractivity contribution is -0.124. The summed E-state index contributed by atoms with van der Waals surface area (Å²) >= 11 is 0. The van der Waals surface area contributed by atoms with E-state index in [2.05, 4.69) is 22.7 Å². The normalized spacial score (nSPS) is 15.8. The Balaban J connectivity index is 1.49. The number of hydrogen-bond donors (Lipinski definition) is 2. The summed E-state index contributed by atoms with van der Waals surface area (Å²) in [5.74, 6) is -0.809. The molecule has 204 valence electrons. The van der Waals surface area contributed by atoms with Gasteiger partial charge in [0.15, 0.2) is 5.69 Å². The maximum absolute atomic E-state index is 13.1. The third-order valence-corrected chi connectivity index (χ3v) is 6.98. The smallest absolute Gasteiger partial charge is 0.356 e. The van der Waals surface area contributed by atoms with Gasteiger partial charge in [0.1, 0.15) is 11.8 Å². The van der Waals surface area contributed by atoms with Gasteiger partial charge in [-0.05, 0) is 50.3 Å². The van der Waals surface area contributed by atoms with Crippen molar-refractivity contribution in [3.63, 3.8) is 0 Å². The van der Waals surface area contributed by atoms with Gasteiger partial charge in [-0.2, -0.15) is 5.10 Å². The second kappa shape index (κ2) is 12.1. The number of methoxy groups -OCH3 is 1. The van der Waals surface area contributed by atoms with Gasteiger partial charge in [-0.3, -0.25) is 9.48 Å². The van der Waals surface area contributed by atoms with Crippen LogP contribution in [-0.2, 0) is 33.8 Å². The third kappa shape index (κ3) is 6.12. The number of esters is 1. The fraction of sp³-hybridized carbons (Fsp3) is 0.379. The number of fused-ring (bicyclic) bond motifs is 1. The van der Waals surface area contributed by atoms with Crippen LogP contribution in [0.5, 0.6) is 0 Å². The van der Waals surface area contributed by atoms with Crippen molar-refractivity contribution in [2.24, 2.45) is 0 Å². The van der Waals surface area contributed by atoms with Crippen molar-refractivity contribution in [2.75, 3.05) is 24.4 Å². The van der Waals surface area contributed by atoms with Crippen molar-refractivity contribution < 1.29 is 19.1 Å². The molecule has 0 radical (unpaired) electrons. The van der Waals surface area contributed by atoms with E-state index in [9.17, 15) is 9.59 Å². The van der Waals surface area contributed by atoms with Gasteiger partial charge in [-0.1, -0.05) is 30.3 Å². The molecule has 0 unspecified atom stereocenters. The summed E-state index contributed by atoms with van der Waals surface area (Å²) in [6.45, 7) is 3.91. The molecular weight excluding hydrogens is 496 g/mol. The van der Waals surface area contributed by atoms with Crippen molar-refractivity contribution in [1.29, 1.82) is 0 Å². The Labute approximate surface area is 227 Å². The molecule has 10 nitrogen and oxygen atoms in total. The number of aromatic nitrogens is 4. The van der Waals surface area contributed by atoms with Crippen LogP contribution in [0.4, 0.5) is 11.4 Å². The maximum atomic E-state index is 13.1. The average Bonchev–Trinajstić information content (AvgIpc) is 3.73. The van der Waals surface area contributed by atoms with Crippen LogP contribution in [0.2, 0.25) is 0 Å². The van der Waals surface area contributed by atoms with Crippen molar-refractivity contribution in [2.45, 2.75) is 57.8 Å². The molecule has 4 heterocycles. The van der Waals surface area contributed by atoms with Crippen LogP contribution in [0.3, 0.4) is 0 Å². The molecule has 3 aromatic heterocycles. The number of anilines is 2. The molecule has 1 aliphatic heterocycles. The number of nitrogens with one attached hydrogen (secondary N) is 2. The standard InChI is InChI=1S/C29H34N6O4/c1-20(11-15-34-14-7-13-31-34)32-22-18-23-25(33-28(36)24-10-6-17-39-24)26(29(37)38-2)35(27(23)30-19-22)16-12-21-8-4-3-5-9-21/h3-5,7-9,13-14,18-20,24,32H,6,10-12,15-17H2,1-2H3,(H,33,36)/t20-,24+/m0/s1. The SMILES string of the molecule is COC(=O)c1c(NC(=O)[C@H]2CCCO2)c2cc(N[C@@H](C)CCn3cccn3)cnc2n1CCc1ccccc1. The van der Waals surface area contributed by atoms with Gasteiger partial charge < -0.3 is 24.7 Å². The largest absolute Gasteiger partial charge is 0.464 e. The fourth-order valence-corrected chi connectivity index (χ4v) is 4.95. The number of carbonyl (C=O) groups excluding carboxylic acids is 2. The van der Waals surface area contributed by atoms with Gasteiger partial charge >= 0.3 is 5.97 Å². The molecule has 10 heteroatoms. The summed E-state index contributed by atoms with van der Waals surface area (Å²) in [6.07, 6.45) is 7.93. The average molecular weight is 531 g/mol. The Morgan fingerprint density at radius 3 is 2.77 bits per heavy atom. The van der Waals surface area contributed by atoms with E-state index < -0.39 is 12.1 Å². The number of benzene rings is 1. The first-order chi connectivity index (χ1) is 19.0. The van der Waals surface area contributed by atoms with Gasteiger partial charge in [-0.15, -0.1) is 0 Å². The highest BCUT2D eigenvalue weighted by atomic mass is 16.5. The molecule has 5 rings (SSSR count). The van der Waals surface area contributed by atoms with E-state index in [0.717, 1.165) is 30.6 Å². The first-order valence-electron chi connectivity index (χ1n) is 13.3. The molecule has 1 aliphatic rings. The number of carbonyl (C=O) groups is 2. The molecule has 0 aliphatic carbocycles. The monoisotopic (exact) mass is 530 g/mol. The van der Waals surface area contributed by atoms with Crippen LogP contribution in [-0.4, -0.2) is 57.1 Å². The van der Waals surface area contributed by atoms with Gasteiger partial charge in [0, 0.05) is 43.5 Å². The zero-order chi connectivity index (χ0) is 27.2. The van der Waals surface area contributed by atoms with Crippen molar-refractivity contribution in [1.82, 2.24) is 19.3 Å².